The van der Waals surface area contributed by atoms with Crippen LogP contribution in [0.15, 0.2) is 30.3 Å². The lowest BCUT2D eigenvalue weighted by atomic mass is 9.90. The summed E-state index contributed by atoms with van der Waals surface area (Å²) < 4.78 is 0. The fourth-order valence-electron chi connectivity index (χ4n) is 3.04. The zero-order valence-electron chi connectivity index (χ0n) is 12.2. The number of hydrogen-bond donors (Lipinski definition) is 2. The molecule has 1 saturated heterocycles. The lowest BCUT2D eigenvalue weighted by Gasteiger charge is -2.40. The maximum atomic E-state index is 12.5. The first-order valence-electron chi connectivity index (χ1n) is 7.43. The van der Waals surface area contributed by atoms with Gasteiger partial charge in [0.05, 0.1) is 0 Å². The van der Waals surface area contributed by atoms with Gasteiger partial charge in [0.15, 0.2) is 0 Å². The standard InChI is InChI=1S/C16H25N3O/c1-12-6-5-9-19(15(12)11-17)16(20)10-14(18)13-7-3-2-4-8-13/h2-4,7-8,12,14-15H,5-6,9-11,17-18H2,1H3/t12-,14+,15-/m1/s1. The molecule has 3 atom stereocenters. The Hall–Kier alpha value is -1.39. The molecule has 4 N–H and O–H groups in total. The van der Waals surface area contributed by atoms with Crippen molar-refractivity contribution in [3.05, 3.63) is 35.9 Å². The summed E-state index contributed by atoms with van der Waals surface area (Å²) in [5.74, 6) is 0.606. The van der Waals surface area contributed by atoms with E-state index in [0.29, 0.717) is 18.9 Å². The molecule has 1 fully saturated rings. The van der Waals surface area contributed by atoms with Crippen LogP contribution in [0, 0.1) is 5.92 Å². The molecule has 0 aliphatic carbocycles. The van der Waals surface area contributed by atoms with Gasteiger partial charge in [-0.05, 0) is 24.3 Å². The number of amides is 1. The Morgan fingerprint density at radius 2 is 2.10 bits per heavy atom. The second-order valence-electron chi connectivity index (χ2n) is 5.73. The van der Waals surface area contributed by atoms with Crippen molar-refractivity contribution in [3.63, 3.8) is 0 Å². The van der Waals surface area contributed by atoms with Gasteiger partial charge < -0.3 is 16.4 Å². The molecular formula is C16H25N3O. The maximum Gasteiger partial charge on any atom is 0.224 e. The molecule has 1 aliphatic rings. The molecule has 20 heavy (non-hydrogen) atoms. The predicted octanol–water partition coefficient (Wildman–Crippen LogP) is 1.66. The smallest absolute Gasteiger partial charge is 0.224 e. The summed E-state index contributed by atoms with van der Waals surface area (Å²) in [6.07, 6.45) is 2.56. The van der Waals surface area contributed by atoms with Crippen LogP contribution < -0.4 is 11.5 Å². The highest BCUT2D eigenvalue weighted by atomic mass is 16.2. The Labute approximate surface area is 121 Å². The van der Waals surface area contributed by atoms with Crippen molar-refractivity contribution >= 4 is 5.91 Å². The monoisotopic (exact) mass is 275 g/mol. The van der Waals surface area contributed by atoms with Crippen molar-refractivity contribution < 1.29 is 4.79 Å². The van der Waals surface area contributed by atoms with Gasteiger partial charge in [-0.25, -0.2) is 0 Å². The van der Waals surface area contributed by atoms with Gasteiger partial charge in [0, 0.05) is 31.6 Å². The number of hydrogen-bond acceptors (Lipinski definition) is 3. The summed E-state index contributed by atoms with van der Waals surface area (Å²) >= 11 is 0. The first-order chi connectivity index (χ1) is 9.63. The lowest BCUT2D eigenvalue weighted by Crippen LogP contribution is -2.51. The zero-order chi connectivity index (χ0) is 14.5. The molecular weight excluding hydrogens is 250 g/mol. The van der Waals surface area contributed by atoms with Crippen molar-refractivity contribution in [1.29, 1.82) is 0 Å². The minimum Gasteiger partial charge on any atom is -0.338 e. The van der Waals surface area contributed by atoms with Crippen LogP contribution in [0.1, 0.15) is 37.8 Å². The SMILES string of the molecule is C[C@@H]1CCCN(C(=O)C[C@H](N)c2ccccc2)[C@@H]1CN. The minimum atomic E-state index is -0.237. The number of nitrogens with two attached hydrogens (primary N) is 2. The molecule has 1 heterocycles. The van der Waals surface area contributed by atoms with E-state index in [0.717, 1.165) is 24.9 Å². The average molecular weight is 275 g/mol. The third-order valence-corrected chi connectivity index (χ3v) is 4.30. The average Bonchev–Trinajstić information content (AvgIpc) is 2.47. The summed E-state index contributed by atoms with van der Waals surface area (Å²) in [6.45, 7) is 3.52. The number of nitrogens with zero attached hydrogens (tertiary/aromatic N) is 1. The molecule has 0 unspecified atom stereocenters. The summed E-state index contributed by atoms with van der Waals surface area (Å²) in [5, 5.41) is 0. The zero-order valence-corrected chi connectivity index (χ0v) is 12.2. The second kappa shape index (κ2) is 6.86. The van der Waals surface area contributed by atoms with E-state index in [1.165, 1.54) is 0 Å². The van der Waals surface area contributed by atoms with Crippen molar-refractivity contribution in [2.75, 3.05) is 13.1 Å². The highest BCUT2D eigenvalue weighted by molar-refractivity contribution is 5.77. The lowest BCUT2D eigenvalue weighted by molar-refractivity contribution is -0.136. The fraction of sp³-hybridized carbons (Fsp3) is 0.562. The van der Waals surface area contributed by atoms with Crippen LogP contribution in [0.25, 0.3) is 0 Å². The summed E-state index contributed by atoms with van der Waals surface area (Å²) in [7, 11) is 0. The van der Waals surface area contributed by atoms with Crippen LogP contribution in [-0.4, -0.2) is 29.9 Å². The number of likely N-dealkylation sites (tertiary alicyclic amines) is 1. The summed E-state index contributed by atoms with van der Waals surface area (Å²) in [4.78, 5) is 14.4. The normalized spacial score (nSPS) is 24.4. The number of carbonyl (C=O) groups excluding carboxylic acids is 1. The Morgan fingerprint density at radius 1 is 1.40 bits per heavy atom. The van der Waals surface area contributed by atoms with Crippen LogP contribution in [0.4, 0.5) is 0 Å². The fourth-order valence-corrected chi connectivity index (χ4v) is 3.04. The third-order valence-electron chi connectivity index (χ3n) is 4.30. The molecule has 1 amide bonds. The quantitative estimate of drug-likeness (QED) is 0.878. The van der Waals surface area contributed by atoms with E-state index in [1.807, 2.05) is 35.2 Å². The first-order valence-corrected chi connectivity index (χ1v) is 7.43. The Morgan fingerprint density at radius 3 is 2.75 bits per heavy atom. The van der Waals surface area contributed by atoms with Crippen LogP contribution in [0.3, 0.4) is 0 Å². The van der Waals surface area contributed by atoms with Crippen molar-refractivity contribution in [2.45, 2.75) is 38.3 Å². The van der Waals surface area contributed by atoms with Crippen molar-refractivity contribution in [2.24, 2.45) is 17.4 Å². The van der Waals surface area contributed by atoms with Crippen LogP contribution >= 0.6 is 0 Å². The van der Waals surface area contributed by atoms with Gasteiger partial charge in [-0.2, -0.15) is 0 Å². The van der Waals surface area contributed by atoms with Gasteiger partial charge in [-0.1, -0.05) is 37.3 Å². The molecule has 2 rings (SSSR count). The molecule has 0 aromatic heterocycles. The van der Waals surface area contributed by atoms with Crippen LogP contribution in [-0.2, 0) is 4.79 Å². The number of benzene rings is 1. The molecule has 0 saturated carbocycles. The van der Waals surface area contributed by atoms with E-state index in [9.17, 15) is 4.79 Å². The van der Waals surface area contributed by atoms with E-state index in [-0.39, 0.29) is 18.0 Å². The summed E-state index contributed by atoms with van der Waals surface area (Å²) in [5.41, 5.74) is 13.0. The summed E-state index contributed by atoms with van der Waals surface area (Å²) in [6, 6.07) is 9.72. The molecule has 1 aromatic carbocycles. The van der Waals surface area contributed by atoms with E-state index in [1.54, 1.807) is 0 Å². The third kappa shape index (κ3) is 3.38. The Balaban J connectivity index is 2.00. The molecule has 0 spiro atoms. The van der Waals surface area contributed by atoms with Gasteiger partial charge in [-0.3, -0.25) is 4.79 Å². The number of rotatable bonds is 4. The largest absolute Gasteiger partial charge is 0.338 e. The molecule has 4 heteroatoms. The van der Waals surface area contributed by atoms with E-state index >= 15 is 0 Å². The van der Waals surface area contributed by atoms with Gasteiger partial charge in [0.25, 0.3) is 0 Å². The van der Waals surface area contributed by atoms with E-state index in [4.69, 9.17) is 11.5 Å². The minimum absolute atomic E-state index is 0.128. The predicted molar refractivity (Wildman–Crippen MR) is 80.9 cm³/mol. The van der Waals surface area contributed by atoms with Gasteiger partial charge in [-0.15, -0.1) is 0 Å². The number of carbonyl (C=O) groups is 1. The Bertz CT molecular complexity index is 435. The Kier molecular flexibility index (Phi) is 5.15. The van der Waals surface area contributed by atoms with Gasteiger partial charge in [0.1, 0.15) is 0 Å². The van der Waals surface area contributed by atoms with E-state index < -0.39 is 0 Å². The van der Waals surface area contributed by atoms with Crippen molar-refractivity contribution in [3.8, 4) is 0 Å². The van der Waals surface area contributed by atoms with E-state index in [2.05, 4.69) is 6.92 Å². The number of piperidine rings is 1. The van der Waals surface area contributed by atoms with Gasteiger partial charge in [0.2, 0.25) is 5.91 Å². The molecule has 110 valence electrons. The highest BCUT2D eigenvalue weighted by Gasteiger charge is 2.31. The molecule has 1 aromatic rings. The van der Waals surface area contributed by atoms with Crippen LogP contribution in [0.5, 0.6) is 0 Å². The van der Waals surface area contributed by atoms with Crippen LogP contribution in [0.2, 0.25) is 0 Å². The maximum absolute atomic E-state index is 12.5. The molecule has 0 bridgehead atoms. The molecule has 1 aliphatic heterocycles. The molecule has 0 radical (unpaired) electrons. The highest BCUT2D eigenvalue weighted by Crippen LogP contribution is 2.24. The molecule has 4 nitrogen and oxygen atoms in total. The van der Waals surface area contributed by atoms with Crippen molar-refractivity contribution in [1.82, 2.24) is 4.90 Å². The van der Waals surface area contributed by atoms with Gasteiger partial charge >= 0.3 is 0 Å². The topological polar surface area (TPSA) is 72.3 Å². The first kappa shape index (κ1) is 15.0. The second-order valence-corrected chi connectivity index (χ2v) is 5.73.